The summed E-state index contributed by atoms with van der Waals surface area (Å²) in [5.74, 6) is -1.29. The molecule has 2 rings (SSSR count). The highest BCUT2D eigenvalue weighted by molar-refractivity contribution is 5.79. The summed E-state index contributed by atoms with van der Waals surface area (Å²) in [6.07, 6.45) is -0.461. The van der Waals surface area contributed by atoms with Gasteiger partial charge in [-0.1, -0.05) is 0 Å². The second-order valence-electron chi connectivity index (χ2n) is 4.25. The Morgan fingerprint density at radius 1 is 1.53 bits per heavy atom. The van der Waals surface area contributed by atoms with Crippen LogP contribution in [0.2, 0.25) is 0 Å². The molecule has 1 aliphatic rings. The maximum atomic E-state index is 13.1. The van der Waals surface area contributed by atoms with E-state index in [0.717, 1.165) is 6.07 Å². The summed E-state index contributed by atoms with van der Waals surface area (Å²) < 4.78 is 18.1. The molecule has 0 aliphatic heterocycles. The van der Waals surface area contributed by atoms with E-state index in [1.165, 1.54) is 19.2 Å². The summed E-state index contributed by atoms with van der Waals surface area (Å²) in [5.41, 5.74) is -0.992. The van der Waals surface area contributed by atoms with E-state index in [1.54, 1.807) is 0 Å². The van der Waals surface area contributed by atoms with Gasteiger partial charge >= 0.3 is 5.97 Å². The van der Waals surface area contributed by atoms with Gasteiger partial charge in [0.2, 0.25) is 0 Å². The minimum atomic E-state index is -1.24. The molecule has 0 spiro atoms. The number of rotatable bonds is 4. The summed E-state index contributed by atoms with van der Waals surface area (Å²) in [5, 5.41) is 19.2. The lowest BCUT2D eigenvalue weighted by Gasteiger charge is -2.20. The van der Waals surface area contributed by atoms with E-state index < -0.39 is 23.3 Å². The number of benzene rings is 1. The van der Waals surface area contributed by atoms with Crippen molar-refractivity contribution in [3.8, 4) is 5.75 Å². The monoisotopic (exact) mass is 240 g/mol. The van der Waals surface area contributed by atoms with Crippen LogP contribution in [0.4, 0.5) is 4.39 Å². The molecular weight excluding hydrogens is 227 g/mol. The Balaban J connectivity index is 2.40. The van der Waals surface area contributed by atoms with Gasteiger partial charge in [-0.2, -0.15) is 0 Å². The Kier molecular flexibility index (Phi) is 2.79. The smallest absolute Gasteiger partial charge is 0.312 e. The minimum Gasteiger partial charge on any atom is -0.496 e. The Bertz CT molecular complexity index is 454. The molecule has 92 valence electrons. The van der Waals surface area contributed by atoms with Crippen LogP contribution in [0.3, 0.4) is 0 Å². The van der Waals surface area contributed by atoms with E-state index in [2.05, 4.69) is 0 Å². The summed E-state index contributed by atoms with van der Waals surface area (Å²) in [6, 6.07) is 3.70. The SMILES string of the molecule is COc1ccc(F)cc1C(O)C1(C(=O)O)CC1. The lowest BCUT2D eigenvalue weighted by atomic mass is 9.92. The first-order valence-electron chi connectivity index (χ1n) is 5.26. The van der Waals surface area contributed by atoms with E-state index in [-0.39, 0.29) is 5.56 Å². The van der Waals surface area contributed by atoms with Crippen LogP contribution in [0.5, 0.6) is 5.75 Å². The third-order valence-corrected chi connectivity index (χ3v) is 3.22. The quantitative estimate of drug-likeness (QED) is 0.841. The zero-order valence-electron chi connectivity index (χ0n) is 9.31. The van der Waals surface area contributed by atoms with Crippen molar-refractivity contribution in [3.05, 3.63) is 29.6 Å². The molecule has 1 aromatic carbocycles. The van der Waals surface area contributed by atoms with Crippen molar-refractivity contribution >= 4 is 5.97 Å². The molecule has 0 heterocycles. The van der Waals surface area contributed by atoms with Crippen molar-refractivity contribution in [2.75, 3.05) is 7.11 Å². The van der Waals surface area contributed by atoms with Crippen LogP contribution in [-0.2, 0) is 4.79 Å². The number of aliphatic carboxylic acids is 1. The molecule has 0 saturated heterocycles. The Labute approximate surface area is 97.6 Å². The van der Waals surface area contributed by atoms with Gasteiger partial charge in [0.25, 0.3) is 0 Å². The number of halogens is 1. The Morgan fingerprint density at radius 3 is 2.65 bits per heavy atom. The highest BCUT2D eigenvalue weighted by atomic mass is 19.1. The van der Waals surface area contributed by atoms with Crippen LogP contribution >= 0.6 is 0 Å². The average molecular weight is 240 g/mol. The van der Waals surface area contributed by atoms with E-state index in [9.17, 15) is 14.3 Å². The van der Waals surface area contributed by atoms with Crippen molar-refractivity contribution in [2.24, 2.45) is 5.41 Å². The maximum Gasteiger partial charge on any atom is 0.312 e. The number of hydrogen-bond donors (Lipinski definition) is 2. The molecule has 1 atom stereocenters. The third-order valence-electron chi connectivity index (χ3n) is 3.22. The topological polar surface area (TPSA) is 66.8 Å². The second-order valence-corrected chi connectivity index (χ2v) is 4.25. The minimum absolute atomic E-state index is 0.187. The maximum absolute atomic E-state index is 13.1. The molecule has 1 aromatic rings. The van der Waals surface area contributed by atoms with Gasteiger partial charge in [0.05, 0.1) is 18.6 Å². The van der Waals surface area contributed by atoms with Gasteiger partial charge in [0.15, 0.2) is 0 Å². The molecule has 5 heteroatoms. The number of ether oxygens (including phenoxy) is 1. The Hall–Kier alpha value is -1.62. The molecule has 0 aromatic heterocycles. The van der Waals surface area contributed by atoms with Crippen LogP contribution in [0, 0.1) is 11.2 Å². The molecule has 17 heavy (non-hydrogen) atoms. The lowest BCUT2D eigenvalue weighted by Crippen LogP contribution is -2.24. The molecule has 1 unspecified atom stereocenters. The van der Waals surface area contributed by atoms with Crippen LogP contribution in [0.1, 0.15) is 24.5 Å². The summed E-state index contributed by atoms with van der Waals surface area (Å²) in [6.45, 7) is 0. The number of methoxy groups -OCH3 is 1. The predicted molar refractivity (Wildman–Crippen MR) is 57.2 cm³/mol. The fourth-order valence-corrected chi connectivity index (χ4v) is 1.96. The molecule has 2 N–H and O–H groups in total. The van der Waals surface area contributed by atoms with Gasteiger partial charge in [0, 0.05) is 5.56 Å². The molecular formula is C12H13FO4. The van der Waals surface area contributed by atoms with Gasteiger partial charge in [-0.25, -0.2) is 4.39 Å². The summed E-state index contributed by atoms with van der Waals surface area (Å²) >= 11 is 0. The predicted octanol–water partition coefficient (Wildman–Crippen LogP) is 1.73. The van der Waals surface area contributed by atoms with Gasteiger partial charge in [0.1, 0.15) is 11.6 Å². The number of hydrogen-bond acceptors (Lipinski definition) is 3. The highest BCUT2D eigenvalue weighted by Gasteiger charge is 2.57. The fourth-order valence-electron chi connectivity index (χ4n) is 1.96. The van der Waals surface area contributed by atoms with Crippen LogP contribution in [-0.4, -0.2) is 23.3 Å². The van der Waals surface area contributed by atoms with E-state index in [0.29, 0.717) is 18.6 Å². The van der Waals surface area contributed by atoms with E-state index in [1.807, 2.05) is 0 Å². The molecule has 1 saturated carbocycles. The third kappa shape index (κ3) is 1.86. The average Bonchev–Trinajstić information content (AvgIpc) is 3.09. The number of aliphatic hydroxyl groups excluding tert-OH is 1. The number of carbonyl (C=O) groups is 1. The molecule has 4 nitrogen and oxygen atoms in total. The standard InChI is InChI=1S/C12H13FO4/c1-17-9-3-2-7(13)6-8(9)10(14)12(4-5-12)11(15)16/h2-3,6,10,14H,4-5H2,1H3,(H,15,16). The van der Waals surface area contributed by atoms with Gasteiger partial charge < -0.3 is 14.9 Å². The number of carboxylic acid groups (broad SMARTS) is 1. The fraction of sp³-hybridized carbons (Fsp3) is 0.417. The van der Waals surface area contributed by atoms with Crippen molar-refractivity contribution < 1.29 is 24.1 Å². The largest absolute Gasteiger partial charge is 0.496 e. The first-order valence-corrected chi connectivity index (χ1v) is 5.26. The van der Waals surface area contributed by atoms with Crippen LogP contribution in [0.15, 0.2) is 18.2 Å². The van der Waals surface area contributed by atoms with Gasteiger partial charge in [-0.05, 0) is 31.0 Å². The lowest BCUT2D eigenvalue weighted by molar-refractivity contribution is -0.148. The van der Waals surface area contributed by atoms with Gasteiger partial charge in [-0.3, -0.25) is 4.79 Å². The van der Waals surface area contributed by atoms with Crippen LogP contribution < -0.4 is 4.74 Å². The first kappa shape index (κ1) is 11.9. The Morgan fingerprint density at radius 2 is 2.18 bits per heavy atom. The molecule has 1 fully saturated rings. The molecule has 0 radical (unpaired) electrons. The molecule has 0 amide bonds. The first-order chi connectivity index (χ1) is 8.01. The normalized spacial score (nSPS) is 18.5. The molecule has 1 aliphatic carbocycles. The van der Waals surface area contributed by atoms with Crippen molar-refractivity contribution in [2.45, 2.75) is 18.9 Å². The van der Waals surface area contributed by atoms with Crippen molar-refractivity contribution in [3.63, 3.8) is 0 Å². The highest BCUT2D eigenvalue weighted by Crippen LogP contribution is 2.56. The van der Waals surface area contributed by atoms with E-state index in [4.69, 9.17) is 9.84 Å². The summed E-state index contributed by atoms with van der Waals surface area (Å²) in [4.78, 5) is 11.1. The zero-order valence-corrected chi connectivity index (χ0v) is 9.31. The van der Waals surface area contributed by atoms with Gasteiger partial charge in [-0.15, -0.1) is 0 Å². The van der Waals surface area contributed by atoms with Crippen molar-refractivity contribution in [1.29, 1.82) is 0 Å². The summed E-state index contributed by atoms with van der Waals surface area (Å²) in [7, 11) is 1.39. The zero-order chi connectivity index (χ0) is 12.6. The van der Waals surface area contributed by atoms with E-state index >= 15 is 0 Å². The van der Waals surface area contributed by atoms with Crippen molar-refractivity contribution in [1.82, 2.24) is 0 Å². The number of aliphatic hydroxyl groups is 1. The second kappa shape index (κ2) is 4.00. The molecule has 0 bridgehead atoms. The number of carboxylic acids is 1. The van der Waals surface area contributed by atoms with Crippen LogP contribution in [0.25, 0.3) is 0 Å².